The van der Waals surface area contributed by atoms with Crippen LogP contribution in [0.4, 0.5) is 5.82 Å². The van der Waals surface area contributed by atoms with Crippen molar-refractivity contribution in [3.05, 3.63) is 18.1 Å². The monoisotopic (exact) mass is 272 g/mol. The summed E-state index contributed by atoms with van der Waals surface area (Å²) < 4.78 is 25.3. The molecule has 18 heavy (non-hydrogen) atoms. The molecule has 0 aromatic carbocycles. The summed E-state index contributed by atoms with van der Waals surface area (Å²) in [6.45, 7) is 4.58. The lowest BCUT2D eigenvalue weighted by molar-refractivity contribution is 0.584. The Labute approximate surface area is 108 Å². The minimum Gasteiger partial charge on any atom is -0.369 e. The van der Waals surface area contributed by atoms with Gasteiger partial charge in [-0.1, -0.05) is 20.3 Å². The van der Waals surface area contributed by atoms with E-state index in [1.54, 1.807) is 6.92 Å². The van der Waals surface area contributed by atoms with E-state index in [4.69, 9.17) is 0 Å². The number of hydrogen-bond acceptors (Lipinski definition) is 5. The zero-order valence-corrected chi connectivity index (χ0v) is 11.6. The van der Waals surface area contributed by atoms with Crippen molar-refractivity contribution in [2.45, 2.75) is 26.7 Å². The molecule has 0 unspecified atom stereocenters. The first-order valence-electron chi connectivity index (χ1n) is 6.09. The quantitative estimate of drug-likeness (QED) is 0.730. The number of aryl methyl sites for hydroxylation is 1. The van der Waals surface area contributed by atoms with Crippen LogP contribution in [0.2, 0.25) is 0 Å². The average molecular weight is 272 g/mol. The number of sulfonamides is 1. The number of rotatable bonds is 8. The largest absolute Gasteiger partial charge is 0.369 e. The maximum Gasteiger partial charge on any atom is 0.213 e. The lowest BCUT2D eigenvalue weighted by atomic mass is 10.2. The first-order chi connectivity index (χ1) is 8.57. The molecule has 0 saturated carbocycles. The molecule has 0 bridgehead atoms. The Morgan fingerprint density at radius 2 is 2.06 bits per heavy atom. The Kier molecular flexibility index (Phi) is 6.00. The molecule has 0 radical (unpaired) electrons. The van der Waals surface area contributed by atoms with Crippen LogP contribution in [-0.4, -0.2) is 37.2 Å². The van der Waals surface area contributed by atoms with E-state index in [2.05, 4.69) is 26.9 Å². The fourth-order valence-corrected chi connectivity index (χ4v) is 2.45. The molecule has 102 valence electrons. The Morgan fingerprint density at radius 1 is 1.28 bits per heavy atom. The van der Waals surface area contributed by atoms with Gasteiger partial charge in [-0.05, 0) is 6.42 Å². The van der Waals surface area contributed by atoms with Gasteiger partial charge in [0.25, 0.3) is 0 Å². The predicted octanol–water partition coefficient (Wildman–Crippen LogP) is 0.780. The van der Waals surface area contributed by atoms with E-state index in [9.17, 15) is 8.42 Å². The Balaban J connectivity index is 2.46. The van der Waals surface area contributed by atoms with E-state index in [0.717, 1.165) is 18.5 Å². The zero-order valence-electron chi connectivity index (χ0n) is 10.8. The van der Waals surface area contributed by atoms with E-state index in [1.165, 1.54) is 6.33 Å². The van der Waals surface area contributed by atoms with E-state index >= 15 is 0 Å². The third-order valence-corrected chi connectivity index (χ3v) is 3.74. The summed E-state index contributed by atoms with van der Waals surface area (Å²) >= 11 is 0. The minimum absolute atomic E-state index is 0.0357. The van der Waals surface area contributed by atoms with E-state index in [0.29, 0.717) is 18.9 Å². The number of nitrogens with zero attached hydrogens (tertiary/aromatic N) is 2. The standard InChI is InChI=1S/C11H20N4O2S/c1-3-5-10-8-11(14-9-13-10)12-6-7-18(16,17)15-4-2/h8-9,15H,3-7H2,1-2H3,(H,12,13,14). The lowest BCUT2D eigenvalue weighted by Gasteiger charge is -2.07. The summed E-state index contributed by atoms with van der Waals surface area (Å²) in [5.41, 5.74) is 0.963. The number of aromatic nitrogens is 2. The predicted molar refractivity (Wildman–Crippen MR) is 72.0 cm³/mol. The first kappa shape index (κ1) is 14.8. The molecule has 1 rings (SSSR count). The van der Waals surface area contributed by atoms with Crippen molar-refractivity contribution in [1.82, 2.24) is 14.7 Å². The molecule has 0 aliphatic rings. The van der Waals surface area contributed by atoms with Crippen LogP contribution in [0.15, 0.2) is 12.4 Å². The third-order valence-electron chi connectivity index (χ3n) is 2.27. The zero-order chi connectivity index (χ0) is 13.4. The van der Waals surface area contributed by atoms with E-state index in [-0.39, 0.29) is 5.75 Å². The van der Waals surface area contributed by atoms with Crippen LogP contribution in [0.5, 0.6) is 0 Å². The molecule has 0 aliphatic carbocycles. The molecule has 0 saturated heterocycles. The lowest BCUT2D eigenvalue weighted by Crippen LogP contribution is -2.29. The summed E-state index contributed by atoms with van der Waals surface area (Å²) in [5.74, 6) is 0.702. The van der Waals surface area contributed by atoms with Gasteiger partial charge in [-0.3, -0.25) is 0 Å². The molecule has 0 amide bonds. The SMILES string of the molecule is CCCc1cc(NCCS(=O)(=O)NCC)ncn1. The third kappa shape index (κ3) is 5.42. The highest BCUT2D eigenvalue weighted by atomic mass is 32.2. The fraction of sp³-hybridized carbons (Fsp3) is 0.636. The van der Waals surface area contributed by atoms with Gasteiger partial charge < -0.3 is 5.32 Å². The highest BCUT2D eigenvalue weighted by Gasteiger charge is 2.07. The maximum atomic E-state index is 11.4. The molecular weight excluding hydrogens is 252 g/mol. The van der Waals surface area contributed by atoms with Gasteiger partial charge in [0.15, 0.2) is 0 Å². The van der Waals surface area contributed by atoms with Crippen molar-refractivity contribution in [2.75, 3.05) is 24.2 Å². The summed E-state index contributed by atoms with van der Waals surface area (Å²) in [7, 11) is -3.18. The van der Waals surface area contributed by atoms with E-state index < -0.39 is 10.0 Å². The van der Waals surface area contributed by atoms with Gasteiger partial charge in [0.1, 0.15) is 12.1 Å². The smallest absolute Gasteiger partial charge is 0.213 e. The molecule has 0 fully saturated rings. The first-order valence-corrected chi connectivity index (χ1v) is 7.74. The molecule has 2 N–H and O–H groups in total. The summed E-state index contributed by atoms with van der Waals surface area (Å²) in [4.78, 5) is 8.18. The second-order valence-corrected chi connectivity index (χ2v) is 5.81. The van der Waals surface area contributed by atoms with Gasteiger partial charge in [-0.15, -0.1) is 0 Å². The van der Waals surface area contributed by atoms with Gasteiger partial charge in [0.2, 0.25) is 10.0 Å². The fourth-order valence-electron chi connectivity index (χ4n) is 1.49. The second kappa shape index (κ2) is 7.27. The Bertz CT molecular complexity index is 462. The summed E-state index contributed by atoms with van der Waals surface area (Å²) in [6, 6.07) is 1.85. The van der Waals surface area contributed by atoms with Crippen molar-refractivity contribution in [3.8, 4) is 0 Å². The number of hydrogen-bond donors (Lipinski definition) is 2. The molecule has 1 aromatic heterocycles. The normalized spacial score (nSPS) is 11.4. The van der Waals surface area contributed by atoms with E-state index in [1.807, 2.05) is 6.07 Å². The van der Waals surface area contributed by atoms with Crippen molar-refractivity contribution in [2.24, 2.45) is 0 Å². The molecule has 7 heteroatoms. The molecule has 1 heterocycles. The van der Waals surface area contributed by atoms with Gasteiger partial charge in [-0.25, -0.2) is 23.1 Å². The summed E-state index contributed by atoms with van der Waals surface area (Å²) in [6.07, 6.45) is 3.41. The number of nitrogens with one attached hydrogen (secondary N) is 2. The molecular formula is C11H20N4O2S. The van der Waals surface area contributed by atoms with Gasteiger partial charge in [-0.2, -0.15) is 0 Å². The molecule has 0 aliphatic heterocycles. The molecule has 0 atom stereocenters. The van der Waals surface area contributed by atoms with Crippen molar-refractivity contribution in [3.63, 3.8) is 0 Å². The Morgan fingerprint density at radius 3 is 2.72 bits per heavy atom. The van der Waals surface area contributed by atoms with Gasteiger partial charge in [0.05, 0.1) is 5.75 Å². The van der Waals surface area contributed by atoms with Crippen LogP contribution < -0.4 is 10.0 Å². The average Bonchev–Trinajstić information content (AvgIpc) is 2.29. The van der Waals surface area contributed by atoms with Crippen molar-refractivity contribution >= 4 is 15.8 Å². The topological polar surface area (TPSA) is 84.0 Å². The highest BCUT2D eigenvalue weighted by Crippen LogP contribution is 2.05. The molecule has 6 nitrogen and oxygen atoms in total. The maximum absolute atomic E-state index is 11.4. The van der Waals surface area contributed by atoms with Crippen LogP contribution in [0, 0.1) is 0 Å². The highest BCUT2D eigenvalue weighted by molar-refractivity contribution is 7.89. The van der Waals surface area contributed by atoms with Crippen LogP contribution in [0.1, 0.15) is 26.0 Å². The number of anilines is 1. The van der Waals surface area contributed by atoms with Crippen LogP contribution in [0.25, 0.3) is 0 Å². The van der Waals surface area contributed by atoms with Crippen LogP contribution in [-0.2, 0) is 16.4 Å². The molecule has 0 spiro atoms. The van der Waals surface area contributed by atoms with Crippen molar-refractivity contribution < 1.29 is 8.42 Å². The van der Waals surface area contributed by atoms with Crippen LogP contribution >= 0.6 is 0 Å². The second-order valence-electron chi connectivity index (χ2n) is 3.89. The van der Waals surface area contributed by atoms with Crippen molar-refractivity contribution in [1.29, 1.82) is 0 Å². The van der Waals surface area contributed by atoms with Crippen LogP contribution in [0.3, 0.4) is 0 Å². The Hall–Kier alpha value is -1.21. The van der Waals surface area contributed by atoms with Gasteiger partial charge >= 0.3 is 0 Å². The summed E-state index contributed by atoms with van der Waals surface area (Å²) in [5, 5.41) is 2.99. The minimum atomic E-state index is -3.18. The molecule has 1 aromatic rings. The van der Waals surface area contributed by atoms with Gasteiger partial charge in [0, 0.05) is 24.8 Å².